The van der Waals surface area contributed by atoms with Crippen LogP contribution in [-0.2, 0) is 14.3 Å². The highest BCUT2D eigenvalue weighted by atomic mass is 16.7. The van der Waals surface area contributed by atoms with Crippen LogP contribution in [0.3, 0.4) is 0 Å². The van der Waals surface area contributed by atoms with Crippen molar-refractivity contribution in [2.24, 2.45) is 16.7 Å². The Bertz CT molecular complexity index is 324. The fraction of sp³-hybridized carbons (Fsp3) is 0.933. The molecule has 0 spiro atoms. The van der Waals surface area contributed by atoms with E-state index < -0.39 is 0 Å². The maximum atomic E-state index is 12.3. The second-order valence-corrected chi connectivity index (χ2v) is 6.71. The molecule has 0 aromatic carbocycles. The van der Waals surface area contributed by atoms with Gasteiger partial charge < -0.3 is 9.47 Å². The minimum atomic E-state index is -0.116. The van der Waals surface area contributed by atoms with E-state index in [9.17, 15) is 4.79 Å². The average Bonchev–Trinajstić information content (AvgIpc) is 2.31. The Morgan fingerprint density at radius 1 is 1.28 bits per heavy atom. The van der Waals surface area contributed by atoms with Gasteiger partial charge >= 0.3 is 0 Å². The van der Waals surface area contributed by atoms with E-state index in [0.717, 1.165) is 32.1 Å². The molecule has 2 rings (SSSR count). The third-order valence-electron chi connectivity index (χ3n) is 5.34. The summed E-state index contributed by atoms with van der Waals surface area (Å²) in [7, 11) is 1.66. The van der Waals surface area contributed by atoms with E-state index in [0.29, 0.717) is 18.5 Å². The van der Waals surface area contributed by atoms with Gasteiger partial charge in [0.1, 0.15) is 12.6 Å². The zero-order valence-corrected chi connectivity index (χ0v) is 12.1. The number of hydrogen-bond donors (Lipinski definition) is 0. The molecule has 0 unspecified atom stereocenters. The molecular weight excluding hydrogens is 228 g/mol. The quantitative estimate of drug-likeness (QED) is 0.726. The SMILES string of the molecule is COCO[C@@H]1CC[C@@]2(C)C(=O)CCC[C@@H]2C1(C)C. The molecule has 0 amide bonds. The summed E-state index contributed by atoms with van der Waals surface area (Å²) in [5.41, 5.74) is -0.0592. The van der Waals surface area contributed by atoms with Gasteiger partial charge in [-0.3, -0.25) is 4.79 Å². The van der Waals surface area contributed by atoms with Crippen LogP contribution in [0.5, 0.6) is 0 Å². The highest BCUT2D eigenvalue weighted by Crippen LogP contribution is 2.56. The molecule has 0 heterocycles. The summed E-state index contributed by atoms with van der Waals surface area (Å²) >= 11 is 0. The van der Waals surface area contributed by atoms with Crippen molar-refractivity contribution in [1.29, 1.82) is 0 Å². The molecule has 0 aromatic heterocycles. The van der Waals surface area contributed by atoms with Crippen molar-refractivity contribution in [2.75, 3.05) is 13.9 Å². The average molecular weight is 254 g/mol. The molecule has 3 nitrogen and oxygen atoms in total. The minimum absolute atomic E-state index is 0.0572. The largest absolute Gasteiger partial charge is 0.359 e. The third-order valence-corrected chi connectivity index (χ3v) is 5.34. The topological polar surface area (TPSA) is 35.5 Å². The molecule has 104 valence electrons. The molecular formula is C15H26O3. The van der Waals surface area contributed by atoms with E-state index >= 15 is 0 Å². The summed E-state index contributed by atoms with van der Waals surface area (Å²) in [5.74, 6) is 0.916. The molecule has 2 aliphatic rings. The smallest absolute Gasteiger partial charge is 0.146 e. The van der Waals surface area contributed by atoms with Crippen LogP contribution >= 0.6 is 0 Å². The molecule has 2 aliphatic carbocycles. The first kappa shape index (κ1) is 14.0. The number of rotatable bonds is 3. The maximum Gasteiger partial charge on any atom is 0.146 e. The lowest BCUT2D eigenvalue weighted by Gasteiger charge is -2.55. The van der Waals surface area contributed by atoms with E-state index in [-0.39, 0.29) is 16.9 Å². The standard InChI is InChI=1S/C15H26O3/c1-14(2)11-6-5-7-12(16)15(11,3)9-8-13(14)18-10-17-4/h11,13H,5-10H2,1-4H3/t11-,13-,15-/m1/s1. The van der Waals surface area contributed by atoms with Crippen LogP contribution in [0.15, 0.2) is 0 Å². The van der Waals surface area contributed by atoms with Crippen molar-refractivity contribution in [3.8, 4) is 0 Å². The first-order chi connectivity index (χ1) is 8.43. The second-order valence-electron chi connectivity index (χ2n) is 6.71. The van der Waals surface area contributed by atoms with Gasteiger partial charge in [-0.05, 0) is 37.0 Å². The van der Waals surface area contributed by atoms with Gasteiger partial charge in [0.25, 0.3) is 0 Å². The van der Waals surface area contributed by atoms with Crippen LogP contribution in [0, 0.1) is 16.7 Å². The predicted octanol–water partition coefficient (Wildman–Crippen LogP) is 3.17. The van der Waals surface area contributed by atoms with Gasteiger partial charge in [0.2, 0.25) is 0 Å². The summed E-state index contributed by atoms with van der Waals surface area (Å²) in [6, 6.07) is 0. The summed E-state index contributed by atoms with van der Waals surface area (Å²) in [4.78, 5) is 12.3. The van der Waals surface area contributed by atoms with Gasteiger partial charge in [-0.25, -0.2) is 0 Å². The maximum absolute atomic E-state index is 12.3. The van der Waals surface area contributed by atoms with Crippen molar-refractivity contribution >= 4 is 5.78 Å². The summed E-state index contributed by atoms with van der Waals surface area (Å²) in [6.07, 6.45) is 5.11. The number of carbonyl (C=O) groups is 1. The Hall–Kier alpha value is -0.410. The number of fused-ring (bicyclic) bond motifs is 1. The first-order valence-electron chi connectivity index (χ1n) is 7.07. The van der Waals surface area contributed by atoms with E-state index in [2.05, 4.69) is 20.8 Å². The van der Waals surface area contributed by atoms with Crippen molar-refractivity contribution < 1.29 is 14.3 Å². The molecule has 0 bridgehead atoms. The molecule has 0 aliphatic heterocycles. The van der Waals surface area contributed by atoms with Crippen molar-refractivity contribution in [3.63, 3.8) is 0 Å². The molecule has 2 saturated carbocycles. The lowest BCUT2D eigenvalue weighted by atomic mass is 9.50. The van der Waals surface area contributed by atoms with Crippen LogP contribution in [-0.4, -0.2) is 25.8 Å². The van der Waals surface area contributed by atoms with E-state index in [1.54, 1.807) is 7.11 Å². The van der Waals surface area contributed by atoms with Crippen LogP contribution in [0.1, 0.15) is 52.9 Å². The van der Waals surface area contributed by atoms with Crippen molar-refractivity contribution in [2.45, 2.75) is 59.0 Å². The lowest BCUT2D eigenvalue weighted by molar-refractivity contribution is -0.180. The first-order valence-corrected chi connectivity index (χ1v) is 7.07. The zero-order valence-electron chi connectivity index (χ0n) is 12.1. The molecule has 0 radical (unpaired) electrons. The predicted molar refractivity (Wildman–Crippen MR) is 70.2 cm³/mol. The fourth-order valence-electron chi connectivity index (χ4n) is 4.25. The Kier molecular flexibility index (Phi) is 3.84. The molecule has 3 heteroatoms. The van der Waals surface area contributed by atoms with E-state index in [1.165, 1.54) is 0 Å². The number of ether oxygens (including phenoxy) is 2. The molecule has 0 N–H and O–H groups in total. The van der Waals surface area contributed by atoms with Crippen molar-refractivity contribution in [1.82, 2.24) is 0 Å². The Balaban J connectivity index is 2.19. The van der Waals surface area contributed by atoms with Gasteiger partial charge in [0.05, 0.1) is 6.10 Å². The Morgan fingerprint density at radius 2 is 2.00 bits per heavy atom. The number of hydrogen-bond acceptors (Lipinski definition) is 3. The monoisotopic (exact) mass is 254 g/mol. The summed E-state index contributed by atoms with van der Waals surface area (Å²) in [5, 5.41) is 0. The fourth-order valence-corrected chi connectivity index (χ4v) is 4.25. The molecule has 0 saturated heterocycles. The van der Waals surface area contributed by atoms with Gasteiger partial charge in [-0.2, -0.15) is 0 Å². The van der Waals surface area contributed by atoms with Gasteiger partial charge in [0, 0.05) is 18.9 Å². The zero-order chi connectivity index (χ0) is 13.4. The van der Waals surface area contributed by atoms with E-state index in [1.807, 2.05) is 0 Å². The normalized spacial score (nSPS) is 39.4. The second kappa shape index (κ2) is 4.93. The molecule has 18 heavy (non-hydrogen) atoms. The number of carbonyl (C=O) groups excluding carboxylic acids is 1. The highest BCUT2D eigenvalue weighted by Gasteiger charge is 2.55. The minimum Gasteiger partial charge on any atom is -0.359 e. The number of methoxy groups -OCH3 is 1. The highest BCUT2D eigenvalue weighted by molar-refractivity contribution is 5.85. The molecule has 2 fully saturated rings. The van der Waals surface area contributed by atoms with Crippen LogP contribution in [0.25, 0.3) is 0 Å². The third kappa shape index (κ3) is 2.12. The van der Waals surface area contributed by atoms with Crippen LogP contribution in [0.2, 0.25) is 0 Å². The van der Waals surface area contributed by atoms with Crippen LogP contribution < -0.4 is 0 Å². The number of Topliss-reactive ketones (excluding diaryl/α,β-unsaturated/α-hetero) is 1. The number of ketones is 1. The van der Waals surface area contributed by atoms with Crippen molar-refractivity contribution in [3.05, 3.63) is 0 Å². The van der Waals surface area contributed by atoms with Gasteiger partial charge in [-0.1, -0.05) is 20.8 Å². The Morgan fingerprint density at radius 3 is 2.67 bits per heavy atom. The summed E-state index contributed by atoms with van der Waals surface area (Å²) < 4.78 is 10.9. The Labute approximate surface area is 110 Å². The van der Waals surface area contributed by atoms with Gasteiger partial charge in [-0.15, -0.1) is 0 Å². The lowest BCUT2D eigenvalue weighted by Crippen LogP contribution is -2.55. The molecule has 0 aromatic rings. The van der Waals surface area contributed by atoms with Crippen LogP contribution in [0.4, 0.5) is 0 Å². The van der Waals surface area contributed by atoms with Gasteiger partial charge in [0.15, 0.2) is 0 Å². The summed E-state index contributed by atoms with van der Waals surface area (Å²) in [6.45, 7) is 7.04. The van der Waals surface area contributed by atoms with E-state index in [4.69, 9.17) is 9.47 Å². The molecule has 3 atom stereocenters.